The van der Waals surface area contributed by atoms with Crippen molar-refractivity contribution in [1.82, 2.24) is 0 Å². The number of hydrogen-bond donors (Lipinski definition) is 1. The van der Waals surface area contributed by atoms with Crippen LogP contribution in [-0.2, 0) is 4.74 Å². The van der Waals surface area contributed by atoms with Crippen LogP contribution in [0.5, 0.6) is 0 Å². The number of rotatable bonds is 4. The van der Waals surface area contributed by atoms with Gasteiger partial charge in [-0.25, -0.2) is 4.79 Å². The van der Waals surface area contributed by atoms with E-state index in [1.54, 1.807) is 12.1 Å². The minimum absolute atomic E-state index is 0.280. The molecule has 0 aromatic heterocycles. The average molecular weight is 295 g/mol. The maximum absolute atomic E-state index is 11.8. The van der Waals surface area contributed by atoms with Crippen molar-refractivity contribution in [3.8, 4) is 0 Å². The third-order valence-electron chi connectivity index (χ3n) is 3.40. The van der Waals surface area contributed by atoms with E-state index >= 15 is 0 Å². The van der Waals surface area contributed by atoms with E-state index in [0.717, 1.165) is 22.7 Å². The topological polar surface area (TPSA) is 77.0 Å². The molecular formula is C17H17N3O2. The fourth-order valence-corrected chi connectivity index (χ4v) is 2.26. The summed E-state index contributed by atoms with van der Waals surface area (Å²) in [4.78, 5) is 20.9. The molecule has 0 amide bonds. The Labute approximate surface area is 128 Å². The third-order valence-corrected chi connectivity index (χ3v) is 3.40. The lowest BCUT2D eigenvalue weighted by Gasteiger charge is -2.06. The lowest BCUT2D eigenvalue weighted by atomic mass is 10.1. The molecule has 0 saturated carbocycles. The predicted molar refractivity (Wildman–Crippen MR) is 82.9 cm³/mol. The molecule has 2 aromatic carbocycles. The zero-order chi connectivity index (χ0) is 15.5. The molecule has 0 spiro atoms. The fraction of sp³-hybridized carbons (Fsp3) is 0.235. The standard InChI is InChI=1S/C17H17N3O2/c1-2-9-22-17(21)12-5-3-11(4-6-12)16-19-14-8-7-13(18)10-15(14)20-16/h3-8,10,16H,2,9,18H2,1H3/t16-/m1/s1. The molecule has 0 saturated heterocycles. The first-order valence-electron chi connectivity index (χ1n) is 7.25. The van der Waals surface area contributed by atoms with Gasteiger partial charge in [-0.3, -0.25) is 9.98 Å². The highest BCUT2D eigenvalue weighted by Gasteiger charge is 2.14. The lowest BCUT2D eigenvalue weighted by Crippen LogP contribution is -2.21. The van der Waals surface area contributed by atoms with E-state index in [9.17, 15) is 4.79 Å². The van der Waals surface area contributed by atoms with Gasteiger partial charge in [0.05, 0.1) is 22.9 Å². The van der Waals surface area contributed by atoms with Gasteiger partial charge >= 0.3 is 5.97 Å². The number of fused-ring (bicyclic) bond motifs is 1. The monoisotopic (exact) mass is 295 g/mol. The Kier molecular flexibility index (Phi) is 3.87. The summed E-state index contributed by atoms with van der Waals surface area (Å²) in [6.07, 6.45) is 0.530. The van der Waals surface area contributed by atoms with E-state index in [0.29, 0.717) is 17.9 Å². The van der Waals surface area contributed by atoms with Crippen molar-refractivity contribution < 1.29 is 9.53 Å². The molecule has 22 heavy (non-hydrogen) atoms. The van der Waals surface area contributed by atoms with E-state index in [-0.39, 0.29) is 12.1 Å². The van der Waals surface area contributed by atoms with E-state index in [4.69, 9.17) is 10.5 Å². The van der Waals surface area contributed by atoms with Crippen molar-refractivity contribution in [2.24, 2.45) is 9.98 Å². The number of carbonyl (C=O) groups is 1. The number of esters is 1. The second-order valence-electron chi connectivity index (χ2n) is 5.14. The fourth-order valence-electron chi connectivity index (χ4n) is 2.26. The van der Waals surface area contributed by atoms with Gasteiger partial charge in [-0.05, 0) is 42.3 Å². The van der Waals surface area contributed by atoms with Crippen molar-refractivity contribution in [2.75, 3.05) is 12.3 Å². The zero-order valence-corrected chi connectivity index (χ0v) is 12.3. The van der Waals surface area contributed by atoms with E-state index in [1.807, 2.05) is 37.3 Å². The highest BCUT2D eigenvalue weighted by Crippen LogP contribution is 2.20. The van der Waals surface area contributed by atoms with Gasteiger partial charge in [0, 0.05) is 5.69 Å². The number of hydrogen-bond acceptors (Lipinski definition) is 5. The number of nitrogens with two attached hydrogens (primary N) is 1. The van der Waals surface area contributed by atoms with Gasteiger partial charge in [-0.15, -0.1) is 0 Å². The Bertz CT molecular complexity index is 813. The van der Waals surface area contributed by atoms with Crippen molar-refractivity contribution in [3.05, 3.63) is 64.3 Å². The van der Waals surface area contributed by atoms with Crippen LogP contribution >= 0.6 is 0 Å². The summed E-state index contributed by atoms with van der Waals surface area (Å²) in [7, 11) is 0. The molecule has 1 aliphatic heterocycles. The minimum atomic E-state index is -0.301. The molecule has 0 bridgehead atoms. The molecule has 0 unspecified atom stereocenters. The molecule has 1 atom stereocenters. The van der Waals surface area contributed by atoms with Crippen LogP contribution < -0.4 is 16.4 Å². The number of benzene rings is 2. The van der Waals surface area contributed by atoms with Crippen molar-refractivity contribution in [1.29, 1.82) is 0 Å². The highest BCUT2D eigenvalue weighted by atomic mass is 16.5. The van der Waals surface area contributed by atoms with Crippen molar-refractivity contribution in [2.45, 2.75) is 19.5 Å². The summed E-state index contributed by atoms with van der Waals surface area (Å²) in [6.45, 7) is 2.40. The predicted octanol–water partition coefficient (Wildman–Crippen LogP) is 1.79. The summed E-state index contributed by atoms with van der Waals surface area (Å²) in [5.74, 6) is -0.301. The lowest BCUT2D eigenvalue weighted by molar-refractivity contribution is 0.0505. The van der Waals surface area contributed by atoms with E-state index in [2.05, 4.69) is 9.98 Å². The molecule has 2 N–H and O–H groups in total. The average Bonchev–Trinajstić information content (AvgIpc) is 2.95. The number of carbonyl (C=O) groups excluding carboxylic acids is 1. The second-order valence-corrected chi connectivity index (χ2v) is 5.14. The minimum Gasteiger partial charge on any atom is -0.462 e. The Morgan fingerprint density at radius 3 is 2.59 bits per heavy atom. The largest absolute Gasteiger partial charge is 0.462 e. The summed E-state index contributed by atoms with van der Waals surface area (Å²) < 4.78 is 5.11. The van der Waals surface area contributed by atoms with Crippen LogP contribution in [0, 0.1) is 0 Å². The van der Waals surface area contributed by atoms with Gasteiger partial charge in [0.25, 0.3) is 0 Å². The summed E-state index contributed by atoms with van der Waals surface area (Å²) in [6, 6.07) is 12.7. The Morgan fingerprint density at radius 2 is 1.86 bits per heavy atom. The van der Waals surface area contributed by atoms with Gasteiger partial charge in [-0.1, -0.05) is 19.1 Å². The normalized spacial score (nSPS) is 15.6. The van der Waals surface area contributed by atoms with Gasteiger partial charge in [0.2, 0.25) is 0 Å². The summed E-state index contributed by atoms with van der Waals surface area (Å²) >= 11 is 0. The van der Waals surface area contributed by atoms with E-state index < -0.39 is 0 Å². The van der Waals surface area contributed by atoms with Crippen LogP contribution in [-0.4, -0.2) is 12.6 Å². The Hall–Kier alpha value is -2.69. The molecule has 0 radical (unpaired) electrons. The highest BCUT2D eigenvalue weighted by molar-refractivity contribution is 5.89. The summed E-state index contributed by atoms with van der Waals surface area (Å²) in [5.41, 5.74) is 7.90. The molecule has 3 rings (SSSR count). The third kappa shape index (κ3) is 2.83. The molecule has 1 aliphatic rings. The van der Waals surface area contributed by atoms with Crippen molar-refractivity contribution >= 4 is 11.7 Å². The Balaban J connectivity index is 1.81. The Morgan fingerprint density at radius 1 is 1.14 bits per heavy atom. The first-order valence-corrected chi connectivity index (χ1v) is 7.25. The second kappa shape index (κ2) is 5.97. The quantitative estimate of drug-likeness (QED) is 0.690. The van der Waals surface area contributed by atoms with Crippen molar-refractivity contribution in [3.63, 3.8) is 0 Å². The smallest absolute Gasteiger partial charge is 0.338 e. The molecule has 2 aromatic rings. The number of ether oxygens (including phenoxy) is 1. The van der Waals surface area contributed by atoms with Gasteiger partial charge in [0.15, 0.2) is 6.17 Å². The maximum atomic E-state index is 11.8. The van der Waals surface area contributed by atoms with Crippen LogP contribution in [0.25, 0.3) is 0 Å². The van der Waals surface area contributed by atoms with Crippen LogP contribution in [0.2, 0.25) is 0 Å². The first kappa shape index (κ1) is 14.3. The van der Waals surface area contributed by atoms with Crippen LogP contribution in [0.4, 0.5) is 5.69 Å². The van der Waals surface area contributed by atoms with Gasteiger partial charge in [0.1, 0.15) is 0 Å². The number of anilines is 1. The maximum Gasteiger partial charge on any atom is 0.338 e. The van der Waals surface area contributed by atoms with E-state index in [1.165, 1.54) is 0 Å². The summed E-state index contributed by atoms with van der Waals surface area (Å²) in [5, 5.41) is 1.64. The molecule has 1 heterocycles. The molecule has 112 valence electrons. The van der Waals surface area contributed by atoms with Gasteiger partial charge < -0.3 is 10.5 Å². The van der Waals surface area contributed by atoms with Crippen LogP contribution in [0.15, 0.2) is 52.4 Å². The van der Waals surface area contributed by atoms with Crippen LogP contribution in [0.1, 0.15) is 35.4 Å². The molecular weight excluding hydrogens is 278 g/mol. The zero-order valence-electron chi connectivity index (χ0n) is 12.3. The number of nitrogen functional groups attached to an aromatic ring is 1. The molecule has 0 fully saturated rings. The first-order chi connectivity index (χ1) is 10.7. The molecule has 5 nitrogen and oxygen atoms in total. The van der Waals surface area contributed by atoms with Gasteiger partial charge in [-0.2, -0.15) is 0 Å². The SMILES string of the molecule is CCCOC(=O)c1ccc([C@@H]2N=c3ccc(N)cc3=N2)cc1. The molecule has 5 heteroatoms. The molecule has 0 aliphatic carbocycles. The van der Waals surface area contributed by atoms with Crippen LogP contribution in [0.3, 0.4) is 0 Å². The number of nitrogens with zero attached hydrogens (tertiary/aromatic N) is 2.